The molecule has 0 aromatic rings. The van der Waals surface area contributed by atoms with Crippen molar-refractivity contribution in [3.8, 4) is 0 Å². The van der Waals surface area contributed by atoms with Crippen LogP contribution >= 0.6 is 0 Å². The summed E-state index contributed by atoms with van der Waals surface area (Å²) in [6.07, 6.45) is 7.29. The summed E-state index contributed by atoms with van der Waals surface area (Å²) >= 11 is 0. The van der Waals surface area contributed by atoms with Gasteiger partial charge in [0, 0.05) is 25.3 Å². The number of Topliss-reactive ketones (excluding diaryl/α,β-unsaturated/α-hetero) is 2. The Balaban J connectivity index is 1.53. The Kier molecular flexibility index (Phi) is 3.82. The molecule has 4 fully saturated rings. The van der Waals surface area contributed by atoms with E-state index >= 15 is 0 Å². The highest BCUT2D eigenvalue weighted by molar-refractivity contribution is 5.90. The van der Waals surface area contributed by atoms with Crippen LogP contribution < -0.4 is 0 Å². The lowest BCUT2D eigenvalue weighted by atomic mass is 9.43. The zero-order chi connectivity index (χ0) is 19.9. The first-order valence-electron chi connectivity index (χ1n) is 10.8. The summed E-state index contributed by atoms with van der Waals surface area (Å²) in [7, 11) is 0. The number of aliphatic hydroxyl groups is 1. The van der Waals surface area contributed by atoms with Gasteiger partial charge in [0.25, 0.3) is 0 Å². The minimum absolute atomic E-state index is 0.0344. The van der Waals surface area contributed by atoms with Crippen LogP contribution in [0, 0.1) is 34.5 Å². The first kappa shape index (κ1) is 18.5. The molecule has 7 atom stereocenters. The number of carbonyl (C=O) groups excluding carboxylic acids is 3. The Hall–Kier alpha value is -1.49. The molecule has 0 spiro atoms. The highest BCUT2D eigenvalue weighted by atomic mass is 16.5. The second kappa shape index (κ2) is 5.78. The third-order valence-corrected chi connectivity index (χ3v) is 9.65. The Morgan fingerprint density at radius 3 is 2.54 bits per heavy atom. The molecular weight excluding hydrogens is 356 g/mol. The molecule has 1 N–H and O–H groups in total. The molecular formula is C23H30O5. The summed E-state index contributed by atoms with van der Waals surface area (Å²) in [5, 5.41) is 12.0. The van der Waals surface area contributed by atoms with Crippen molar-refractivity contribution < 1.29 is 24.2 Å². The van der Waals surface area contributed by atoms with Gasteiger partial charge in [0.2, 0.25) is 0 Å². The van der Waals surface area contributed by atoms with Crippen molar-refractivity contribution in [1.29, 1.82) is 0 Å². The Morgan fingerprint density at radius 1 is 1.04 bits per heavy atom. The molecule has 1 aliphatic heterocycles. The average Bonchev–Trinajstić information content (AvgIpc) is 3.19. The number of fused-ring (bicyclic) bond motifs is 5. The van der Waals surface area contributed by atoms with Crippen LogP contribution in [0.25, 0.3) is 0 Å². The predicted octanol–water partition coefficient (Wildman–Crippen LogP) is 2.99. The molecule has 4 aliphatic carbocycles. The largest absolute Gasteiger partial charge is 0.458 e. The number of ether oxygens (including phenoxy) is 1. The summed E-state index contributed by atoms with van der Waals surface area (Å²) in [5.74, 6) is 0.623. The highest BCUT2D eigenvalue weighted by Gasteiger charge is 2.71. The first-order valence-corrected chi connectivity index (χ1v) is 10.8. The van der Waals surface area contributed by atoms with Gasteiger partial charge in [0.1, 0.15) is 18.2 Å². The van der Waals surface area contributed by atoms with Crippen molar-refractivity contribution in [3.05, 3.63) is 11.6 Å². The van der Waals surface area contributed by atoms with Gasteiger partial charge < -0.3 is 9.84 Å². The zero-order valence-electron chi connectivity index (χ0n) is 16.8. The van der Waals surface area contributed by atoms with Crippen LogP contribution in [-0.4, -0.2) is 34.9 Å². The molecule has 0 radical (unpaired) electrons. The molecule has 5 aliphatic rings. The van der Waals surface area contributed by atoms with E-state index in [1.165, 1.54) is 6.08 Å². The third-order valence-electron chi connectivity index (χ3n) is 9.65. The predicted molar refractivity (Wildman–Crippen MR) is 101 cm³/mol. The molecule has 0 aromatic heterocycles. The van der Waals surface area contributed by atoms with E-state index in [4.69, 9.17) is 4.74 Å². The molecule has 0 amide bonds. The van der Waals surface area contributed by atoms with E-state index in [2.05, 4.69) is 6.92 Å². The van der Waals surface area contributed by atoms with Crippen molar-refractivity contribution in [2.45, 2.75) is 70.8 Å². The number of cyclic esters (lactones) is 1. The second-order valence-electron chi connectivity index (χ2n) is 10.4. The SMILES string of the molecule is CC12CCC(=O)CC1CCC1C2CC(=O)C2(C)C(C3=CC(=O)OC3)CCC12O. The fraction of sp³-hybridized carbons (Fsp3) is 0.783. The van der Waals surface area contributed by atoms with Crippen molar-refractivity contribution >= 4 is 17.5 Å². The van der Waals surface area contributed by atoms with Crippen LogP contribution in [0.15, 0.2) is 11.6 Å². The van der Waals surface area contributed by atoms with Gasteiger partial charge in [-0.25, -0.2) is 4.79 Å². The highest BCUT2D eigenvalue weighted by Crippen LogP contribution is 2.68. The van der Waals surface area contributed by atoms with Gasteiger partial charge >= 0.3 is 5.97 Å². The molecule has 0 bridgehead atoms. The molecule has 5 heteroatoms. The Bertz CT molecular complexity index is 799. The molecule has 28 heavy (non-hydrogen) atoms. The molecule has 0 saturated heterocycles. The normalized spacial score (nSPS) is 50.5. The van der Waals surface area contributed by atoms with E-state index in [0.717, 1.165) is 31.3 Å². The van der Waals surface area contributed by atoms with Crippen molar-refractivity contribution in [2.24, 2.45) is 34.5 Å². The molecule has 4 saturated carbocycles. The number of carbonyl (C=O) groups is 3. The third kappa shape index (κ3) is 2.14. The number of hydrogen-bond donors (Lipinski definition) is 1. The topological polar surface area (TPSA) is 80.7 Å². The van der Waals surface area contributed by atoms with E-state index in [1.807, 2.05) is 6.92 Å². The van der Waals surface area contributed by atoms with Gasteiger partial charge in [-0.1, -0.05) is 6.92 Å². The van der Waals surface area contributed by atoms with Gasteiger partial charge in [-0.3, -0.25) is 9.59 Å². The smallest absolute Gasteiger partial charge is 0.331 e. The minimum Gasteiger partial charge on any atom is -0.458 e. The number of ketones is 2. The van der Waals surface area contributed by atoms with E-state index in [-0.39, 0.29) is 41.5 Å². The van der Waals surface area contributed by atoms with Crippen LogP contribution in [0.1, 0.15) is 65.2 Å². The Morgan fingerprint density at radius 2 is 1.82 bits per heavy atom. The number of hydrogen-bond acceptors (Lipinski definition) is 5. The van der Waals surface area contributed by atoms with Gasteiger partial charge in [-0.2, -0.15) is 0 Å². The maximum Gasteiger partial charge on any atom is 0.331 e. The lowest BCUT2D eigenvalue weighted by Crippen LogP contribution is -2.65. The van der Waals surface area contributed by atoms with Crippen LogP contribution in [-0.2, 0) is 19.1 Å². The van der Waals surface area contributed by atoms with E-state index in [0.29, 0.717) is 37.4 Å². The molecule has 5 rings (SSSR count). The monoisotopic (exact) mass is 386 g/mol. The van der Waals surface area contributed by atoms with Gasteiger partial charge in [-0.05, 0) is 73.7 Å². The summed E-state index contributed by atoms with van der Waals surface area (Å²) in [6.45, 7) is 4.45. The van der Waals surface area contributed by atoms with Gasteiger partial charge in [-0.15, -0.1) is 0 Å². The van der Waals surface area contributed by atoms with Gasteiger partial charge in [0.05, 0.1) is 11.0 Å². The Labute approximate surface area is 165 Å². The van der Waals surface area contributed by atoms with Crippen LogP contribution in [0.5, 0.6) is 0 Å². The maximum atomic E-state index is 13.6. The minimum atomic E-state index is -1.03. The lowest BCUT2D eigenvalue weighted by Gasteiger charge is -2.62. The van der Waals surface area contributed by atoms with Crippen LogP contribution in [0.2, 0.25) is 0 Å². The van der Waals surface area contributed by atoms with Crippen molar-refractivity contribution in [2.75, 3.05) is 6.61 Å². The maximum absolute atomic E-state index is 13.6. The van der Waals surface area contributed by atoms with E-state index < -0.39 is 11.0 Å². The zero-order valence-corrected chi connectivity index (χ0v) is 16.8. The first-order chi connectivity index (χ1) is 13.2. The van der Waals surface area contributed by atoms with E-state index in [1.54, 1.807) is 0 Å². The number of esters is 1. The molecule has 7 unspecified atom stereocenters. The van der Waals surface area contributed by atoms with Gasteiger partial charge in [0.15, 0.2) is 0 Å². The summed E-state index contributed by atoms with van der Waals surface area (Å²) in [5.41, 5.74) is -1.03. The summed E-state index contributed by atoms with van der Waals surface area (Å²) in [6, 6.07) is 0. The standard InChI is InChI=1S/C23H30O5/c1-21-7-5-15(24)10-14(21)3-4-17-18(21)11-19(25)22(2)16(6-8-23(17,22)27)13-9-20(26)28-12-13/h9,14,16-18,27H,3-8,10-12H2,1-2H3. The average molecular weight is 386 g/mol. The second-order valence-corrected chi connectivity index (χ2v) is 10.4. The molecule has 1 heterocycles. The summed E-state index contributed by atoms with van der Waals surface area (Å²) < 4.78 is 5.12. The fourth-order valence-corrected chi connectivity index (χ4v) is 7.91. The van der Waals surface area contributed by atoms with Crippen LogP contribution in [0.3, 0.4) is 0 Å². The van der Waals surface area contributed by atoms with Crippen molar-refractivity contribution in [1.82, 2.24) is 0 Å². The summed E-state index contributed by atoms with van der Waals surface area (Å²) in [4.78, 5) is 37.3. The lowest BCUT2D eigenvalue weighted by molar-refractivity contribution is -0.202. The fourth-order valence-electron chi connectivity index (χ4n) is 7.91. The van der Waals surface area contributed by atoms with E-state index in [9.17, 15) is 19.5 Å². The number of rotatable bonds is 1. The molecule has 5 nitrogen and oxygen atoms in total. The van der Waals surface area contributed by atoms with Crippen LogP contribution in [0.4, 0.5) is 0 Å². The molecule has 152 valence electrons. The quantitative estimate of drug-likeness (QED) is 0.701. The van der Waals surface area contributed by atoms with Crippen molar-refractivity contribution in [3.63, 3.8) is 0 Å². The molecule has 0 aromatic carbocycles.